The van der Waals surface area contributed by atoms with E-state index in [1.165, 1.54) is 39.5 Å². The maximum atomic E-state index is 14.4. The number of hydrogen-bond donors (Lipinski definition) is 0. The SMILES string of the molecule is CCOC(=O)c1cc2c(=O)n3cccc(C)c3nc2n(Cc2ccco2)c1=NC(=O)c1ccccc1F. The molecule has 0 spiro atoms. The standard InChI is InChI=1S/C27H21FN4O5/c1-3-36-27(35)20-14-19-23(29-22-16(2)8-6-12-31(22)26(19)34)32(15-17-9-7-13-37-17)24(20)30-25(33)18-10-4-5-11-21(18)28/h4-14H,3,15H2,1-2H3. The number of nitrogens with zero attached hydrogens (tertiary/aromatic N) is 4. The Morgan fingerprint density at radius 3 is 2.62 bits per heavy atom. The molecule has 186 valence electrons. The Balaban J connectivity index is 1.93. The number of aryl methyl sites for hydroxylation is 1. The minimum Gasteiger partial charge on any atom is -0.467 e. The Morgan fingerprint density at radius 1 is 1.08 bits per heavy atom. The van der Waals surface area contributed by atoms with Crippen LogP contribution < -0.4 is 11.0 Å². The van der Waals surface area contributed by atoms with Crippen molar-refractivity contribution in [2.75, 3.05) is 6.61 Å². The van der Waals surface area contributed by atoms with Crippen LogP contribution in [0.1, 0.15) is 39.0 Å². The molecule has 0 aliphatic heterocycles. The molecule has 0 aliphatic rings. The van der Waals surface area contributed by atoms with Crippen LogP contribution in [0.5, 0.6) is 0 Å². The number of halogens is 1. The van der Waals surface area contributed by atoms with E-state index in [0.717, 1.165) is 11.6 Å². The molecule has 0 fully saturated rings. The molecule has 0 atom stereocenters. The second kappa shape index (κ2) is 9.65. The largest absolute Gasteiger partial charge is 0.467 e. The first-order valence-corrected chi connectivity index (χ1v) is 11.5. The van der Waals surface area contributed by atoms with E-state index in [-0.39, 0.29) is 40.8 Å². The van der Waals surface area contributed by atoms with Gasteiger partial charge in [0.25, 0.3) is 11.5 Å². The summed E-state index contributed by atoms with van der Waals surface area (Å²) in [5, 5.41) is 0.106. The second-order valence-corrected chi connectivity index (χ2v) is 8.20. The van der Waals surface area contributed by atoms with E-state index in [1.807, 2.05) is 13.0 Å². The first-order chi connectivity index (χ1) is 17.9. The van der Waals surface area contributed by atoms with Crippen LogP contribution in [0.2, 0.25) is 0 Å². The van der Waals surface area contributed by atoms with Gasteiger partial charge in [-0.3, -0.25) is 14.0 Å². The molecule has 0 N–H and O–H groups in total. The predicted octanol–water partition coefficient (Wildman–Crippen LogP) is 3.66. The lowest BCUT2D eigenvalue weighted by atomic mass is 10.2. The number of pyridine rings is 2. The number of carbonyl (C=O) groups is 2. The Kier molecular flexibility index (Phi) is 6.22. The summed E-state index contributed by atoms with van der Waals surface area (Å²) < 4.78 is 27.9. The summed E-state index contributed by atoms with van der Waals surface area (Å²) in [6.07, 6.45) is 3.05. The molecule has 0 saturated carbocycles. The molecule has 9 nitrogen and oxygen atoms in total. The number of rotatable bonds is 5. The zero-order valence-corrected chi connectivity index (χ0v) is 20.0. The van der Waals surface area contributed by atoms with E-state index < -0.39 is 23.3 Å². The Morgan fingerprint density at radius 2 is 1.89 bits per heavy atom. The van der Waals surface area contributed by atoms with Crippen molar-refractivity contribution >= 4 is 28.6 Å². The van der Waals surface area contributed by atoms with Crippen LogP contribution in [-0.2, 0) is 11.3 Å². The topological polar surface area (TPSA) is 108 Å². The van der Waals surface area contributed by atoms with E-state index in [2.05, 4.69) is 4.99 Å². The summed E-state index contributed by atoms with van der Waals surface area (Å²) in [5.74, 6) is -2.02. The zero-order valence-electron chi connectivity index (χ0n) is 20.0. The zero-order chi connectivity index (χ0) is 26.1. The van der Waals surface area contributed by atoms with Crippen LogP contribution in [0, 0.1) is 12.7 Å². The summed E-state index contributed by atoms with van der Waals surface area (Å²) in [7, 11) is 0. The molecule has 0 bridgehead atoms. The molecule has 0 unspecified atom stereocenters. The monoisotopic (exact) mass is 500 g/mol. The van der Waals surface area contributed by atoms with Crippen LogP contribution in [0.4, 0.5) is 4.39 Å². The van der Waals surface area contributed by atoms with Crippen LogP contribution in [0.15, 0.2) is 81.3 Å². The highest BCUT2D eigenvalue weighted by molar-refractivity contribution is 5.97. The molecule has 5 rings (SSSR count). The van der Waals surface area contributed by atoms with E-state index in [0.29, 0.717) is 11.4 Å². The summed E-state index contributed by atoms with van der Waals surface area (Å²) in [5.41, 5.74) is 0.324. The molecule has 4 aromatic heterocycles. The first kappa shape index (κ1) is 23.9. The van der Waals surface area contributed by atoms with E-state index in [9.17, 15) is 18.8 Å². The van der Waals surface area contributed by atoms with Gasteiger partial charge in [-0.2, -0.15) is 4.99 Å². The second-order valence-electron chi connectivity index (χ2n) is 8.20. The van der Waals surface area contributed by atoms with Gasteiger partial charge in [0.05, 0.1) is 30.4 Å². The minimum absolute atomic E-state index is 0.0192. The van der Waals surface area contributed by atoms with E-state index >= 15 is 0 Å². The molecule has 5 aromatic rings. The van der Waals surface area contributed by atoms with Crippen LogP contribution in [-0.4, -0.2) is 32.4 Å². The van der Waals surface area contributed by atoms with Gasteiger partial charge in [-0.1, -0.05) is 18.2 Å². The predicted molar refractivity (Wildman–Crippen MR) is 132 cm³/mol. The first-order valence-electron chi connectivity index (χ1n) is 11.5. The lowest BCUT2D eigenvalue weighted by molar-refractivity contribution is 0.0523. The molecule has 0 radical (unpaired) electrons. The highest BCUT2D eigenvalue weighted by Crippen LogP contribution is 2.16. The fraction of sp³-hybridized carbons (Fsp3) is 0.148. The molecule has 1 amide bonds. The molecule has 0 saturated heterocycles. The smallest absolute Gasteiger partial charge is 0.341 e. The lowest BCUT2D eigenvalue weighted by Crippen LogP contribution is -2.33. The van der Waals surface area contributed by atoms with Crippen molar-refractivity contribution in [2.45, 2.75) is 20.4 Å². The van der Waals surface area contributed by atoms with Gasteiger partial charge in [-0.15, -0.1) is 0 Å². The Hall–Kier alpha value is -4.86. The molecular weight excluding hydrogens is 479 g/mol. The van der Waals surface area contributed by atoms with Gasteiger partial charge < -0.3 is 13.7 Å². The number of furan rings is 1. The maximum Gasteiger partial charge on any atom is 0.341 e. The van der Waals surface area contributed by atoms with Crippen molar-refractivity contribution in [2.24, 2.45) is 4.99 Å². The lowest BCUT2D eigenvalue weighted by Gasteiger charge is -2.15. The summed E-state index contributed by atoms with van der Waals surface area (Å²) >= 11 is 0. The molecule has 0 aliphatic carbocycles. The summed E-state index contributed by atoms with van der Waals surface area (Å²) in [6, 6.07) is 13.6. The number of aromatic nitrogens is 3. The van der Waals surface area contributed by atoms with Gasteiger partial charge in [0.1, 0.15) is 28.4 Å². The van der Waals surface area contributed by atoms with Crippen molar-refractivity contribution in [1.82, 2.24) is 14.0 Å². The average molecular weight is 500 g/mol. The average Bonchev–Trinajstić information content (AvgIpc) is 3.40. The quantitative estimate of drug-likeness (QED) is 0.269. The number of amides is 1. The van der Waals surface area contributed by atoms with Gasteiger partial charge in [0.15, 0.2) is 5.49 Å². The summed E-state index contributed by atoms with van der Waals surface area (Å²) in [6.45, 7) is 3.47. The Labute approximate surface area is 209 Å². The molecule has 37 heavy (non-hydrogen) atoms. The minimum atomic E-state index is -0.912. The number of ether oxygens (including phenoxy) is 1. The normalized spacial score (nSPS) is 11.8. The van der Waals surface area contributed by atoms with Gasteiger partial charge in [0, 0.05) is 6.20 Å². The number of carbonyl (C=O) groups excluding carboxylic acids is 2. The third-order valence-electron chi connectivity index (χ3n) is 5.81. The van der Waals surface area contributed by atoms with Gasteiger partial charge >= 0.3 is 5.97 Å². The fourth-order valence-corrected chi connectivity index (χ4v) is 4.07. The fourth-order valence-electron chi connectivity index (χ4n) is 4.07. The van der Waals surface area contributed by atoms with Gasteiger partial charge in [0.2, 0.25) is 0 Å². The maximum absolute atomic E-state index is 14.4. The van der Waals surface area contributed by atoms with Crippen molar-refractivity contribution < 1.29 is 23.1 Å². The van der Waals surface area contributed by atoms with Crippen molar-refractivity contribution in [3.8, 4) is 0 Å². The van der Waals surface area contributed by atoms with Crippen molar-refractivity contribution in [3.63, 3.8) is 0 Å². The van der Waals surface area contributed by atoms with Crippen LogP contribution >= 0.6 is 0 Å². The Bertz CT molecular complexity index is 1800. The van der Waals surface area contributed by atoms with E-state index in [1.54, 1.807) is 31.3 Å². The molecule has 10 heteroatoms. The number of fused-ring (bicyclic) bond motifs is 2. The van der Waals surface area contributed by atoms with Crippen molar-refractivity contribution in [1.29, 1.82) is 0 Å². The van der Waals surface area contributed by atoms with Crippen LogP contribution in [0.3, 0.4) is 0 Å². The number of hydrogen-bond acceptors (Lipinski definition) is 6. The van der Waals surface area contributed by atoms with E-state index in [4.69, 9.17) is 14.1 Å². The van der Waals surface area contributed by atoms with Crippen LogP contribution in [0.25, 0.3) is 16.7 Å². The van der Waals surface area contributed by atoms with Crippen molar-refractivity contribution in [3.05, 3.63) is 111 Å². The highest BCUT2D eigenvalue weighted by Gasteiger charge is 2.22. The van der Waals surface area contributed by atoms with Gasteiger partial charge in [-0.05, 0) is 55.8 Å². The molecule has 4 heterocycles. The number of benzene rings is 1. The third kappa shape index (κ3) is 4.33. The highest BCUT2D eigenvalue weighted by atomic mass is 19.1. The van der Waals surface area contributed by atoms with Gasteiger partial charge in [-0.25, -0.2) is 14.2 Å². The molecular formula is C27H21FN4O5. The summed E-state index contributed by atoms with van der Waals surface area (Å²) in [4.78, 5) is 48.5. The third-order valence-corrected chi connectivity index (χ3v) is 5.81. The number of esters is 1. The molecule has 1 aromatic carbocycles.